The Morgan fingerprint density at radius 2 is 1.00 bits per heavy atom. The van der Waals surface area contributed by atoms with E-state index in [1.807, 2.05) is 0 Å². The van der Waals surface area contributed by atoms with E-state index in [1.165, 1.54) is 0 Å². The molecule has 0 aromatic carbocycles. The van der Waals surface area contributed by atoms with Crippen LogP contribution in [0.1, 0.15) is 7.43 Å². The molecular weight excluding hydrogens is 233 g/mol. The fourth-order valence-electron chi connectivity index (χ4n) is 0. The molecule has 0 unspecified atom stereocenters. The van der Waals surface area contributed by atoms with Crippen LogP contribution in [0.5, 0.6) is 0 Å². The molecule has 0 aliphatic carbocycles. The summed E-state index contributed by atoms with van der Waals surface area (Å²) in [6.07, 6.45) is 0. The third kappa shape index (κ3) is 26.5. The summed E-state index contributed by atoms with van der Waals surface area (Å²) >= 11 is -2.22. The van der Waals surface area contributed by atoms with E-state index in [2.05, 4.69) is 0 Å². The zero-order valence-electron chi connectivity index (χ0n) is 1.71. The third-order valence-corrected chi connectivity index (χ3v) is 0. The van der Waals surface area contributed by atoms with Crippen molar-refractivity contribution >= 4 is 43.6 Å². The van der Waals surface area contributed by atoms with Gasteiger partial charge in [-0.15, -0.1) is 0 Å². The van der Waals surface area contributed by atoms with Crippen LogP contribution < -0.4 is 0 Å². The van der Waals surface area contributed by atoms with Gasteiger partial charge in [-0.2, -0.15) is 0 Å². The van der Waals surface area contributed by atoms with E-state index in [0.29, 0.717) is 0 Å². The van der Waals surface area contributed by atoms with Crippen LogP contribution in [0.25, 0.3) is 0 Å². The van der Waals surface area contributed by atoms with Crippen LogP contribution in [0.2, 0.25) is 0 Å². The summed E-state index contributed by atoms with van der Waals surface area (Å²) in [5.74, 6) is 0. The summed E-state index contributed by atoms with van der Waals surface area (Å²) in [7, 11) is 15.0. The summed E-state index contributed by atoms with van der Waals surface area (Å²) in [4.78, 5) is 0. The Kier molecular flexibility index (Phi) is 11.3. The normalized spacial score (nSPS) is 5.40. The van der Waals surface area contributed by atoms with E-state index in [1.54, 1.807) is 0 Å². The quantitative estimate of drug-likeness (QED) is 0.606. The first-order valence-corrected chi connectivity index (χ1v) is 13.2. The molecule has 0 aromatic rings. The maximum absolute atomic E-state index is 5.02. The predicted octanol–water partition coefficient (Wildman–Crippen LogP) is 2.32. The van der Waals surface area contributed by atoms with Gasteiger partial charge < -0.3 is 0 Å². The van der Waals surface area contributed by atoms with Crippen LogP contribution in [-0.2, 0) is 0 Å². The second kappa shape index (κ2) is 5.74. The molecule has 0 saturated carbocycles. The Hall–Kier alpha value is 1.74. The first-order chi connectivity index (χ1) is 1.73. The molecule has 0 saturated heterocycles. The van der Waals surface area contributed by atoms with Crippen molar-refractivity contribution in [2.45, 2.75) is 7.43 Å². The number of rotatable bonds is 0. The summed E-state index contributed by atoms with van der Waals surface area (Å²) in [6, 6.07) is 0. The maximum atomic E-state index is 5.02. The molecule has 0 N–H and O–H groups in total. The van der Waals surface area contributed by atoms with Crippen LogP contribution in [0.3, 0.4) is 0 Å². The Labute approximate surface area is 50.7 Å². The van der Waals surface area contributed by atoms with Crippen molar-refractivity contribution in [3.63, 3.8) is 0 Å². The fraction of sp³-hybridized carbons (Fsp3) is 1.00. The van der Waals surface area contributed by atoms with Crippen molar-refractivity contribution in [3.8, 4) is 0 Å². The second-order valence-electron chi connectivity index (χ2n) is 0.247. The molecule has 0 fully saturated rings. The number of halogens is 3. The van der Waals surface area contributed by atoms with Crippen LogP contribution in [0.4, 0.5) is 0 Å². The topological polar surface area (TPSA) is 0 Å². The van der Waals surface area contributed by atoms with Gasteiger partial charge in [-0.3, -0.25) is 0 Å². The fourth-order valence-corrected chi connectivity index (χ4v) is 0. The van der Waals surface area contributed by atoms with Crippen molar-refractivity contribution in [3.05, 3.63) is 0 Å². The van der Waals surface area contributed by atoms with E-state index in [-0.39, 0.29) is 7.43 Å². The van der Waals surface area contributed by atoms with E-state index in [0.717, 1.165) is 0 Å². The molecule has 32 valence electrons. The summed E-state index contributed by atoms with van der Waals surface area (Å²) < 4.78 is 0. The van der Waals surface area contributed by atoms with Gasteiger partial charge in [0.15, 0.2) is 0 Å². The van der Waals surface area contributed by atoms with E-state index < -0.39 is 17.9 Å². The number of hydrogen-bond acceptors (Lipinski definition) is 0. The summed E-state index contributed by atoms with van der Waals surface area (Å²) in [5, 5.41) is 0. The molecule has 0 rings (SSSR count). The standard InChI is InChI=1S/CH4.3ClH.In/h1H4;3*1H;/q;;;;+3/p-3. The van der Waals surface area contributed by atoms with Crippen LogP contribution in [0.15, 0.2) is 0 Å². The van der Waals surface area contributed by atoms with Crippen molar-refractivity contribution < 1.29 is 0 Å². The Morgan fingerprint density at radius 1 is 1.00 bits per heavy atom. The van der Waals surface area contributed by atoms with Crippen LogP contribution >= 0.6 is 25.7 Å². The van der Waals surface area contributed by atoms with E-state index >= 15 is 0 Å². The molecule has 0 heterocycles. The SMILES string of the molecule is C.[Cl][In]([Cl])[Cl]. The molecule has 0 bridgehead atoms. The van der Waals surface area contributed by atoms with Gasteiger partial charge in [-0.05, 0) is 0 Å². The predicted molar refractivity (Wildman–Crippen MR) is 30.0 cm³/mol. The average Bonchev–Trinajstić information content (AvgIpc) is 0.811. The third-order valence-electron chi connectivity index (χ3n) is 0. The summed E-state index contributed by atoms with van der Waals surface area (Å²) in [6.45, 7) is 0. The molecule has 0 amide bonds. The van der Waals surface area contributed by atoms with Gasteiger partial charge in [-0.1, -0.05) is 7.43 Å². The van der Waals surface area contributed by atoms with Crippen molar-refractivity contribution in [1.82, 2.24) is 0 Å². The van der Waals surface area contributed by atoms with E-state index in [4.69, 9.17) is 25.7 Å². The molecular formula is CH4Cl3In. The molecule has 5 heavy (non-hydrogen) atoms. The zero-order valence-corrected chi connectivity index (χ0v) is 7.27. The molecule has 0 spiro atoms. The second-order valence-corrected chi connectivity index (χ2v) is 14.9. The Balaban J connectivity index is 0. The zero-order chi connectivity index (χ0) is 3.58. The van der Waals surface area contributed by atoms with Gasteiger partial charge in [0.25, 0.3) is 0 Å². The van der Waals surface area contributed by atoms with Gasteiger partial charge in [-0.25, -0.2) is 0 Å². The molecule has 0 aromatic heterocycles. The van der Waals surface area contributed by atoms with Gasteiger partial charge >= 0.3 is 43.6 Å². The van der Waals surface area contributed by atoms with Gasteiger partial charge in [0.2, 0.25) is 0 Å². The van der Waals surface area contributed by atoms with Gasteiger partial charge in [0, 0.05) is 0 Å². The first kappa shape index (κ1) is 9.88. The van der Waals surface area contributed by atoms with Crippen LogP contribution in [0, 0.1) is 0 Å². The van der Waals surface area contributed by atoms with Gasteiger partial charge in [0.05, 0.1) is 0 Å². The van der Waals surface area contributed by atoms with Gasteiger partial charge in [0.1, 0.15) is 0 Å². The monoisotopic (exact) mass is 236 g/mol. The molecule has 0 radical (unpaired) electrons. The number of hydrogen-bond donors (Lipinski definition) is 0. The Morgan fingerprint density at radius 3 is 1.00 bits per heavy atom. The molecule has 0 nitrogen and oxygen atoms in total. The molecule has 0 aliphatic heterocycles. The molecule has 0 atom stereocenters. The van der Waals surface area contributed by atoms with E-state index in [9.17, 15) is 0 Å². The Bertz CT molecular complexity index is 11.6. The first-order valence-electron chi connectivity index (χ1n) is 0.655. The molecule has 4 heteroatoms. The minimum atomic E-state index is -2.22. The average molecular weight is 237 g/mol. The summed E-state index contributed by atoms with van der Waals surface area (Å²) in [5.41, 5.74) is 0. The van der Waals surface area contributed by atoms with Crippen molar-refractivity contribution in [1.29, 1.82) is 0 Å². The molecule has 0 aliphatic rings. The van der Waals surface area contributed by atoms with Crippen molar-refractivity contribution in [2.24, 2.45) is 0 Å². The van der Waals surface area contributed by atoms with Crippen LogP contribution in [-0.4, -0.2) is 17.9 Å². The minimum absolute atomic E-state index is 0. The van der Waals surface area contributed by atoms with Crippen molar-refractivity contribution in [2.75, 3.05) is 0 Å².